The van der Waals surface area contributed by atoms with Crippen LogP contribution in [-0.2, 0) is 4.79 Å². The van der Waals surface area contributed by atoms with Gasteiger partial charge in [-0.15, -0.1) is 11.3 Å². The Balaban J connectivity index is 1.44. The zero-order chi connectivity index (χ0) is 17.8. The largest absolute Gasteiger partial charge is 0.355 e. The summed E-state index contributed by atoms with van der Waals surface area (Å²) in [5.41, 5.74) is 0. The highest BCUT2D eigenvalue weighted by molar-refractivity contribution is 7.10. The van der Waals surface area contributed by atoms with Crippen molar-refractivity contribution in [1.29, 1.82) is 0 Å². The Hall–Kier alpha value is -1.95. The van der Waals surface area contributed by atoms with E-state index < -0.39 is 0 Å². The first-order valence-electron chi connectivity index (χ1n) is 9.66. The fourth-order valence-electron chi connectivity index (χ4n) is 4.31. The van der Waals surface area contributed by atoms with Crippen molar-refractivity contribution < 1.29 is 4.79 Å². The van der Waals surface area contributed by atoms with Gasteiger partial charge in [-0.25, -0.2) is 4.98 Å². The molecule has 1 saturated heterocycles. The second-order valence-electron chi connectivity index (χ2n) is 7.39. The molecule has 0 spiro atoms. The van der Waals surface area contributed by atoms with E-state index in [9.17, 15) is 4.79 Å². The van der Waals surface area contributed by atoms with Gasteiger partial charge < -0.3 is 10.2 Å². The number of aromatic nitrogens is 2. The van der Waals surface area contributed by atoms with Gasteiger partial charge in [0, 0.05) is 30.4 Å². The predicted molar refractivity (Wildman–Crippen MR) is 104 cm³/mol. The molecule has 1 aliphatic carbocycles. The van der Waals surface area contributed by atoms with Crippen LogP contribution in [-0.4, -0.2) is 29.0 Å². The first-order chi connectivity index (χ1) is 12.8. The van der Waals surface area contributed by atoms with Crippen molar-refractivity contribution in [2.45, 2.75) is 44.6 Å². The number of thiophene rings is 1. The third-order valence-corrected chi connectivity index (χ3v) is 6.64. The van der Waals surface area contributed by atoms with Gasteiger partial charge in [0.05, 0.1) is 18.2 Å². The predicted octanol–water partition coefficient (Wildman–Crippen LogP) is 3.80. The van der Waals surface area contributed by atoms with E-state index in [-0.39, 0.29) is 17.9 Å². The highest BCUT2D eigenvalue weighted by atomic mass is 32.1. The summed E-state index contributed by atoms with van der Waals surface area (Å²) in [4.78, 5) is 25.1. The molecule has 4 rings (SSSR count). The Morgan fingerprint density at radius 3 is 2.85 bits per heavy atom. The van der Waals surface area contributed by atoms with Gasteiger partial charge in [-0.2, -0.15) is 0 Å². The summed E-state index contributed by atoms with van der Waals surface area (Å²) in [6.45, 7) is 1.67. The van der Waals surface area contributed by atoms with Crippen LogP contribution in [0.5, 0.6) is 0 Å². The van der Waals surface area contributed by atoms with E-state index >= 15 is 0 Å². The van der Waals surface area contributed by atoms with E-state index in [0.717, 1.165) is 31.7 Å². The lowest BCUT2D eigenvalue weighted by molar-refractivity contribution is -0.126. The van der Waals surface area contributed by atoms with E-state index in [0.29, 0.717) is 5.92 Å². The molecule has 5 nitrogen and oxygen atoms in total. The molecule has 138 valence electrons. The van der Waals surface area contributed by atoms with Crippen LogP contribution < -0.4 is 10.2 Å². The molecule has 6 heteroatoms. The second kappa shape index (κ2) is 8.16. The van der Waals surface area contributed by atoms with Gasteiger partial charge in [-0.1, -0.05) is 18.9 Å². The van der Waals surface area contributed by atoms with E-state index in [2.05, 4.69) is 37.7 Å². The van der Waals surface area contributed by atoms with Crippen molar-refractivity contribution in [2.24, 2.45) is 11.8 Å². The fourth-order valence-corrected chi connectivity index (χ4v) is 5.17. The average Bonchev–Trinajstić information content (AvgIpc) is 3.41. The van der Waals surface area contributed by atoms with Gasteiger partial charge in [0.1, 0.15) is 5.82 Å². The molecular weight excluding hydrogens is 344 g/mol. The summed E-state index contributed by atoms with van der Waals surface area (Å²) in [6, 6.07) is 4.43. The Morgan fingerprint density at radius 2 is 2.12 bits per heavy atom. The summed E-state index contributed by atoms with van der Waals surface area (Å²) in [7, 11) is 0. The first-order valence-corrected chi connectivity index (χ1v) is 10.5. The number of amides is 1. The quantitative estimate of drug-likeness (QED) is 0.870. The van der Waals surface area contributed by atoms with Gasteiger partial charge in [0.25, 0.3) is 0 Å². The second-order valence-corrected chi connectivity index (χ2v) is 8.37. The van der Waals surface area contributed by atoms with Crippen LogP contribution >= 0.6 is 11.3 Å². The summed E-state index contributed by atoms with van der Waals surface area (Å²) >= 11 is 1.76. The molecule has 26 heavy (non-hydrogen) atoms. The number of hydrogen-bond acceptors (Lipinski definition) is 5. The third-order valence-electron chi connectivity index (χ3n) is 5.68. The zero-order valence-corrected chi connectivity index (χ0v) is 15.8. The van der Waals surface area contributed by atoms with Crippen molar-refractivity contribution in [3.8, 4) is 0 Å². The number of rotatable bonds is 5. The van der Waals surface area contributed by atoms with Gasteiger partial charge >= 0.3 is 0 Å². The Kier molecular flexibility index (Phi) is 5.48. The normalized spacial score (nSPS) is 22.3. The van der Waals surface area contributed by atoms with Crippen molar-refractivity contribution in [3.63, 3.8) is 0 Å². The molecule has 1 saturated carbocycles. The monoisotopic (exact) mass is 370 g/mol. The smallest absolute Gasteiger partial charge is 0.225 e. The van der Waals surface area contributed by atoms with Crippen LogP contribution in [0.1, 0.15) is 49.4 Å². The number of anilines is 1. The maximum atomic E-state index is 13.1. The minimum atomic E-state index is 0.0228. The highest BCUT2D eigenvalue weighted by Gasteiger charge is 2.32. The minimum absolute atomic E-state index is 0.0228. The molecule has 2 aromatic heterocycles. The maximum absolute atomic E-state index is 13.1. The molecule has 0 bridgehead atoms. The third kappa shape index (κ3) is 3.90. The lowest BCUT2D eigenvalue weighted by atomic mass is 9.93. The summed E-state index contributed by atoms with van der Waals surface area (Å²) in [6.07, 6.45) is 12.2. The van der Waals surface area contributed by atoms with Crippen molar-refractivity contribution in [3.05, 3.63) is 41.0 Å². The SMILES string of the molecule is O=C(N[C@H](c1cccs1)C1CCCC1)[C@@H]1CCCN(c2cnccn2)C1. The molecule has 0 radical (unpaired) electrons. The topological polar surface area (TPSA) is 58.1 Å². The zero-order valence-electron chi connectivity index (χ0n) is 15.0. The maximum Gasteiger partial charge on any atom is 0.225 e. The minimum Gasteiger partial charge on any atom is -0.355 e. The van der Waals surface area contributed by atoms with Gasteiger partial charge in [0.2, 0.25) is 5.91 Å². The number of nitrogens with zero attached hydrogens (tertiary/aromatic N) is 3. The van der Waals surface area contributed by atoms with Crippen LogP contribution in [0.15, 0.2) is 36.1 Å². The Morgan fingerprint density at radius 1 is 1.23 bits per heavy atom. The lowest BCUT2D eigenvalue weighted by Crippen LogP contribution is -2.45. The van der Waals surface area contributed by atoms with Gasteiger partial charge in [-0.05, 0) is 43.0 Å². The van der Waals surface area contributed by atoms with Crippen LogP contribution in [0.2, 0.25) is 0 Å². The van der Waals surface area contributed by atoms with Crippen molar-refractivity contribution >= 4 is 23.1 Å². The number of carbonyl (C=O) groups excluding carboxylic acids is 1. The molecule has 1 amide bonds. The molecule has 3 heterocycles. The molecule has 0 unspecified atom stereocenters. The van der Waals surface area contributed by atoms with Crippen LogP contribution in [0.4, 0.5) is 5.82 Å². The number of nitrogens with one attached hydrogen (secondary N) is 1. The van der Waals surface area contributed by atoms with Crippen LogP contribution in [0, 0.1) is 11.8 Å². The van der Waals surface area contributed by atoms with Crippen LogP contribution in [0.25, 0.3) is 0 Å². The van der Waals surface area contributed by atoms with Crippen LogP contribution in [0.3, 0.4) is 0 Å². The molecule has 1 aliphatic heterocycles. The summed E-state index contributed by atoms with van der Waals surface area (Å²) < 4.78 is 0. The van der Waals surface area contributed by atoms with Gasteiger partial charge in [-0.3, -0.25) is 9.78 Å². The van der Waals surface area contributed by atoms with Crippen molar-refractivity contribution in [1.82, 2.24) is 15.3 Å². The van der Waals surface area contributed by atoms with E-state index in [1.165, 1.54) is 30.6 Å². The molecule has 0 aromatic carbocycles. The molecule has 2 aromatic rings. The number of piperidine rings is 1. The van der Waals surface area contributed by atoms with Crippen molar-refractivity contribution in [2.75, 3.05) is 18.0 Å². The molecular formula is C20H26N4OS. The molecule has 2 fully saturated rings. The number of hydrogen-bond donors (Lipinski definition) is 1. The molecule has 2 aliphatic rings. The number of carbonyl (C=O) groups is 1. The summed E-state index contributed by atoms with van der Waals surface area (Å²) in [5, 5.41) is 5.52. The summed E-state index contributed by atoms with van der Waals surface area (Å²) in [5.74, 6) is 1.67. The standard InChI is InChI=1S/C20H26N4OS/c25-20(16-7-3-11-24(14-16)18-13-21-9-10-22-18)23-19(15-5-1-2-6-15)17-8-4-12-26-17/h4,8-10,12-13,15-16,19H,1-3,5-7,11,14H2,(H,23,25)/t16-,19+/m1/s1. The Bertz CT molecular complexity index is 700. The highest BCUT2D eigenvalue weighted by Crippen LogP contribution is 2.37. The Labute approximate surface area is 158 Å². The molecule has 1 N–H and O–H groups in total. The fraction of sp³-hybridized carbons (Fsp3) is 0.550. The first kappa shape index (κ1) is 17.5. The van der Waals surface area contributed by atoms with E-state index in [4.69, 9.17) is 0 Å². The lowest BCUT2D eigenvalue weighted by Gasteiger charge is -2.34. The average molecular weight is 371 g/mol. The molecule has 2 atom stereocenters. The van der Waals surface area contributed by atoms with E-state index in [1.54, 1.807) is 29.9 Å². The van der Waals surface area contributed by atoms with Gasteiger partial charge in [0.15, 0.2) is 0 Å². The van der Waals surface area contributed by atoms with E-state index in [1.807, 2.05) is 0 Å².